The summed E-state index contributed by atoms with van der Waals surface area (Å²) >= 11 is 0. The fraction of sp³-hybridized carbons (Fsp3) is 0.682. The lowest BCUT2D eigenvalue weighted by Crippen LogP contribution is -2.49. The van der Waals surface area contributed by atoms with Gasteiger partial charge in [0.25, 0.3) is 0 Å². The van der Waals surface area contributed by atoms with Crippen LogP contribution < -0.4 is 4.90 Å². The van der Waals surface area contributed by atoms with E-state index >= 15 is 0 Å². The molecule has 0 aromatic heterocycles. The first-order valence-electron chi connectivity index (χ1n) is 10.3. The summed E-state index contributed by atoms with van der Waals surface area (Å²) in [7, 11) is 0. The van der Waals surface area contributed by atoms with Gasteiger partial charge in [-0.1, -0.05) is 31.0 Å². The molecule has 2 heterocycles. The van der Waals surface area contributed by atoms with Crippen LogP contribution >= 0.6 is 0 Å². The minimum Gasteiger partial charge on any atom is -0.311 e. The number of likely N-dealkylation sites (tertiary alicyclic amines) is 1. The number of nitrogens with zero attached hydrogens (tertiary/aromatic N) is 2. The van der Waals surface area contributed by atoms with Crippen LogP contribution in [0.1, 0.15) is 50.5 Å². The molecule has 1 spiro atoms. The molecule has 1 aromatic carbocycles. The number of carbonyl (C=O) groups excluding carboxylic acids is 1. The van der Waals surface area contributed by atoms with Crippen molar-refractivity contribution in [3.05, 3.63) is 29.8 Å². The first-order valence-corrected chi connectivity index (χ1v) is 10.3. The van der Waals surface area contributed by atoms with Gasteiger partial charge < -0.3 is 9.80 Å². The van der Waals surface area contributed by atoms with Crippen LogP contribution in [0.4, 0.5) is 5.69 Å². The van der Waals surface area contributed by atoms with E-state index in [4.69, 9.17) is 0 Å². The van der Waals surface area contributed by atoms with Crippen molar-refractivity contribution in [2.45, 2.75) is 51.4 Å². The number of hydrogen-bond acceptors (Lipinski definition) is 2. The molecule has 1 aromatic rings. The Morgan fingerprint density at radius 2 is 1.88 bits per heavy atom. The number of rotatable bonds is 3. The Kier molecular flexibility index (Phi) is 3.89. The Labute approximate surface area is 151 Å². The number of fused-ring (bicyclic) bond motifs is 1. The monoisotopic (exact) mass is 338 g/mol. The SMILES string of the molecule is O=C(C1CCCC1)N1CC2(CCN(CC3CC3)C2)Cc2ccccc21. The zero-order valence-corrected chi connectivity index (χ0v) is 15.3. The maximum atomic E-state index is 13.3. The molecule has 2 saturated carbocycles. The summed E-state index contributed by atoms with van der Waals surface area (Å²) in [5.41, 5.74) is 2.89. The number of amides is 1. The summed E-state index contributed by atoms with van der Waals surface area (Å²) in [5.74, 6) is 1.64. The van der Waals surface area contributed by atoms with Crippen molar-refractivity contribution in [2.24, 2.45) is 17.3 Å². The number of para-hydroxylation sites is 1. The number of hydrogen-bond donors (Lipinski definition) is 0. The molecule has 134 valence electrons. The van der Waals surface area contributed by atoms with E-state index in [0.717, 1.165) is 31.7 Å². The van der Waals surface area contributed by atoms with Gasteiger partial charge in [0.2, 0.25) is 5.91 Å². The van der Waals surface area contributed by atoms with Gasteiger partial charge in [0.1, 0.15) is 0 Å². The topological polar surface area (TPSA) is 23.6 Å². The minimum atomic E-state index is 0.271. The fourth-order valence-electron chi connectivity index (χ4n) is 5.52. The number of benzene rings is 1. The third-order valence-corrected chi connectivity index (χ3v) is 7.04. The Balaban J connectivity index is 1.41. The van der Waals surface area contributed by atoms with Crippen molar-refractivity contribution in [2.75, 3.05) is 31.1 Å². The van der Waals surface area contributed by atoms with Crippen molar-refractivity contribution in [1.29, 1.82) is 0 Å². The Bertz CT molecular complexity index is 662. The van der Waals surface area contributed by atoms with Crippen LogP contribution in [0.25, 0.3) is 0 Å². The van der Waals surface area contributed by atoms with Gasteiger partial charge in [0.15, 0.2) is 0 Å². The first-order chi connectivity index (χ1) is 12.2. The molecule has 2 aliphatic carbocycles. The van der Waals surface area contributed by atoms with Gasteiger partial charge in [-0.2, -0.15) is 0 Å². The first kappa shape index (κ1) is 15.9. The number of anilines is 1. The number of carbonyl (C=O) groups is 1. The lowest BCUT2D eigenvalue weighted by Gasteiger charge is -2.42. The van der Waals surface area contributed by atoms with Crippen LogP contribution in [0.2, 0.25) is 0 Å². The molecule has 0 radical (unpaired) electrons. The fourth-order valence-corrected chi connectivity index (χ4v) is 5.52. The van der Waals surface area contributed by atoms with E-state index in [9.17, 15) is 4.79 Å². The molecule has 5 rings (SSSR count). The molecule has 1 amide bonds. The molecule has 1 saturated heterocycles. The third kappa shape index (κ3) is 3.01. The summed E-state index contributed by atoms with van der Waals surface area (Å²) in [6.45, 7) is 4.65. The van der Waals surface area contributed by atoms with Gasteiger partial charge in [-0.25, -0.2) is 0 Å². The highest BCUT2D eigenvalue weighted by Gasteiger charge is 2.46. The lowest BCUT2D eigenvalue weighted by atomic mass is 9.76. The molecule has 1 unspecified atom stereocenters. The zero-order chi connectivity index (χ0) is 16.9. The summed E-state index contributed by atoms with van der Waals surface area (Å²) < 4.78 is 0. The molecule has 3 fully saturated rings. The van der Waals surface area contributed by atoms with E-state index in [1.807, 2.05) is 0 Å². The maximum Gasteiger partial charge on any atom is 0.230 e. The van der Waals surface area contributed by atoms with Crippen LogP contribution in [-0.2, 0) is 11.2 Å². The zero-order valence-electron chi connectivity index (χ0n) is 15.3. The standard InChI is InChI=1S/C22H30N2O/c25-21(18-5-1-2-6-18)24-16-22(13-19-7-3-4-8-20(19)24)11-12-23(15-22)14-17-9-10-17/h3-4,7-8,17-18H,1-2,5-6,9-16H2. The molecular formula is C22H30N2O. The van der Waals surface area contributed by atoms with Crippen molar-refractivity contribution in [3.8, 4) is 0 Å². The van der Waals surface area contributed by atoms with Crippen LogP contribution in [0.5, 0.6) is 0 Å². The van der Waals surface area contributed by atoms with E-state index in [1.54, 1.807) is 0 Å². The summed E-state index contributed by atoms with van der Waals surface area (Å²) in [6.07, 6.45) is 9.91. The molecule has 2 aliphatic heterocycles. The highest BCUT2D eigenvalue weighted by atomic mass is 16.2. The van der Waals surface area contributed by atoms with Crippen LogP contribution in [0.15, 0.2) is 24.3 Å². The molecule has 0 bridgehead atoms. The maximum absolute atomic E-state index is 13.3. The van der Waals surface area contributed by atoms with Gasteiger partial charge in [-0.3, -0.25) is 4.79 Å². The van der Waals surface area contributed by atoms with E-state index < -0.39 is 0 Å². The Hall–Kier alpha value is -1.35. The second kappa shape index (κ2) is 6.12. The van der Waals surface area contributed by atoms with Crippen LogP contribution in [0.3, 0.4) is 0 Å². The molecular weight excluding hydrogens is 308 g/mol. The van der Waals surface area contributed by atoms with Gasteiger partial charge in [0, 0.05) is 36.7 Å². The molecule has 3 heteroatoms. The quantitative estimate of drug-likeness (QED) is 0.835. The average Bonchev–Trinajstić information content (AvgIpc) is 3.12. The lowest BCUT2D eigenvalue weighted by molar-refractivity contribution is -0.122. The highest BCUT2D eigenvalue weighted by Crippen LogP contribution is 2.44. The molecule has 3 nitrogen and oxygen atoms in total. The minimum absolute atomic E-state index is 0.271. The normalized spacial score (nSPS) is 30.2. The van der Waals surface area contributed by atoms with E-state index in [0.29, 0.717) is 5.91 Å². The van der Waals surface area contributed by atoms with Crippen molar-refractivity contribution < 1.29 is 4.79 Å². The van der Waals surface area contributed by atoms with Gasteiger partial charge in [-0.15, -0.1) is 0 Å². The predicted octanol–water partition coefficient (Wildman–Crippen LogP) is 3.87. The van der Waals surface area contributed by atoms with Crippen molar-refractivity contribution in [3.63, 3.8) is 0 Å². The smallest absolute Gasteiger partial charge is 0.230 e. The van der Waals surface area contributed by atoms with Crippen molar-refractivity contribution >= 4 is 11.6 Å². The van der Waals surface area contributed by atoms with Gasteiger partial charge in [-0.05, 0) is 62.6 Å². The van der Waals surface area contributed by atoms with Crippen LogP contribution in [-0.4, -0.2) is 37.0 Å². The van der Waals surface area contributed by atoms with E-state index in [2.05, 4.69) is 34.1 Å². The van der Waals surface area contributed by atoms with Gasteiger partial charge in [0.05, 0.1) is 0 Å². The Morgan fingerprint density at radius 1 is 1.08 bits per heavy atom. The predicted molar refractivity (Wildman–Crippen MR) is 101 cm³/mol. The van der Waals surface area contributed by atoms with Crippen LogP contribution in [0, 0.1) is 17.3 Å². The molecule has 0 N–H and O–H groups in total. The summed E-state index contributed by atoms with van der Waals surface area (Å²) in [6, 6.07) is 8.67. The van der Waals surface area contributed by atoms with E-state index in [-0.39, 0.29) is 11.3 Å². The van der Waals surface area contributed by atoms with E-state index in [1.165, 1.54) is 63.0 Å². The average molecular weight is 338 g/mol. The molecule has 1 atom stereocenters. The molecule has 4 aliphatic rings. The summed E-state index contributed by atoms with van der Waals surface area (Å²) in [4.78, 5) is 18.2. The molecule has 25 heavy (non-hydrogen) atoms. The third-order valence-electron chi connectivity index (χ3n) is 7.04. The largest absolute Gasteiger partial charge is 0.311 e. The second-order valence-corrected chi connectivity index (χ2v) is 9.14. The van der Waals surface area contributed by atoms with Crippen molar-refractivity contribution in [1.82, 2.24) is 4.90 Å². The highest BCUT2D eigenvalue weighted by molar-refractivity contribution is 5.96. The summed E-state index contributed by atoms with van der Waals surface area (Å²) in [5, 5.41) is 0. The Morgan fingerprint density at radius 3 is 2.68 bits per heavy atom. The van der Waals surface area contributed by atoms with Gasteiger partial charge >= 0.3 is 0 Å². The second-order valence-electron chi connectivity index (χ2n) is 9.14.